The molecule has 10 heteroatoms. The van der Waals surface area contributed by atoms with E-state index in [4.69, 9.17) is 9.15 Å². The predicted octanol–water partition coefficient (Wildman–Crippen LogP) is 1.69. The predicted molar refractivity (Wildman–Crippen MR) is 105 cm³/mol. The maximum Gasteiger partial charge on any atom is 0.340 e. The van der Waals surface area contributed by atoms with Gasteiger partial charge >= 0.3 is 12.0 Å². The normalized spacial score (nSPS) is 11.2. The summed E-state index contributed by atoms with van der Waals surface area (Å²) in [5.74, 6) is -0.995. The van der Waals surface area contributed by atoms with Crippen LogP contribution in [-0.4, -0.2) is 42.7 Å². The van der Waals surface area contributed by atoms with Crippen molar-refractivity contribution in [1.29, 1.82) is 0 Å². The van der Waals surface area contributed by atoms with E-state index in [1.54, 1.807) is 30.3 Å². The number of thioether (sulfide) groups is 1. The van der Waals surface area contributed by atoms with E-state index in [0.717, 1.165) is 11.8 Å². The van der Waals surface area contributed by atoms with Crippen LogP contribution in [0.5, 0.6) is 0 Å². The van der Waals surface area contributed by atoms with Crippen molar-refractivity contribution in [1.82, 2.24) is 16.0 Å². The molecule has 0 saturated carbocycles. The van der Waals surface area contributed by atoms with E-state index in [9.17, 15) is 19.2 Å². The Morgan fingerprint density at radius 2 is 1.90 bits per heavy atom. The van der Waals surface area contributed by atoms with E-state index in [-0.39, 0.29) is 23.8 Å². The summed E-state index contributed by atoms with van der Waals surface area (Å²) in [5, 5.41) is 6.98. The molecule has 0 saturated heterocycles. The van der Waals surface area contributed by atoms with Gasteiger partial charge in [0.25, 0.3) is 5.91 Å². The Kier molecular flexibility index (Phi) is 8.28. The van der Waals surface area contributed by atoms with E-state index < -0.39 is 24.0 Å². The highest BCUT2D eigenvalue weighted by Crippen LogP contribution is 2.23. The Balaban J connectivity index is 1.91. The van der Waals surface area contributed by atoms with E-state index in [1.165, 1.54) is 26.3 Å². The summed E-state index contributed by atoms with van der Waals surface area (Å²) in [6.07, 6.45) is 0.350. The van der Waals surface area contributed by atoms with Gasteiger partial charge in [0.1, 0.15) is 5.76 Å². The first kappa shape index (κ1) is 22.0. The van der Waals surface area contributed by atoms with Crippen molar-refractivity contribution in [2.45, 2.75) is 24.5 Å². The summed E-state index contributed by atoms with van der Waals surface area (Å²) in [4.78, 5) is 48.0. The van der Waals surface area contributed by atoms with E-state index in [1.807, 2.05) is 5.32 Å². The number of hydrogen-bond donors (Lipinski definition) is 3. The van der Waals surface area contributed by atoms with Crippen LogP contribution in [0.1, 0.15) is 23.0 Å². The van der Waals surface area contributed by atoms with Crippen LogP contribution in [0.2, 0.25) is 0 Å². The Morgan fingerprint density at radius 1 is 1.14 bits per heavy atom. The summed E-state index contributed by atoms with van der Waals surface area (Å²) in [6, 6.07) is 9.36. The van der Waals surface area contributed by atoms with Gasteiger partial charge in [-0.2, -0.15) is 0 Å². The van der Waals surface area contributed by atoms with Crippen LogP contribution < -0.4 is 16.0 Å². The third kappa shape index (κ3) is 7.00. The highest BCUT2D eigenvalue weighted by atomic mass is 32.2. The minimum Gasteiger partial charge on any atom is -0.467 e. The van der Waals surface area contributed by atoms with Crippen molar-refractivity contribution in [2.24, 2.45) is 0 Å². The number of rotatable bonds is 8. The fourth-order valence-electron chi connectivity index (χ4n) is 2.11. The molecule has 3 N–H and O–H groups in total. The van der Waals surface area contributed by atoms with E-state index in [0.29, 0.717) is 10.7 Å². The number of amides is 4. The highest BCUT2D eigenvalue weighted by molar-refractivity contribution is 8.00. The number of ether oxygens (including phenoxy) is 1. The molecular weight excluding hydrogens is 398 g/mol. The molecule has 154 valence electrons. The number of imide groups is 1. The SMILES string of the molecule is CNC(=O)NC(=O)[C@H](C)OC(=O)c1ccccc1SCC(=O)NCc1ccco1. The molecule has 0 radical (unpaired) electrons. The number of benzene rings is 1. The van der Waals surface area contributed by atoms with Crippen LogP contribution >= 0.6 is 11.8 Å². The maximum absolute atomic E-state index is 12.4. The number of hydrogen-bond acceptors (Lipinski definition) is 7. The summed E-state index contributed by atoms with van der Waals surface area (Å²) < 4.78 is 10.3. The van der Waals surface area contributed by atoms with Gasteiger partial charge < -0.3 is 19.8 Å². The molecule has 2 aromatic rings. The first-order chi connectivity index (χ1) is 13.9. The van der Waals surface area contributed by atoms with E-state index in [2.05, 4.69) is 10.6 Å². The molecular formula is C19H21N3O6S. The smallest absolute Gasteiger partial charge is 0.340 e. The second-order valence-electron chi connectivity index (χ2n) is 5.76. The fraction of sp³-hybridized carbons (Fsp3) is 0.263. The average Bonchev–Trinajstić information content (AvgIpc) is 3.24. The van der Waals surface area contributed by atoms with Crippen LogP contribution in [-0.2, 0) is 20.9 Å². The van der Waals surface area contributed by atoms with Gasteiger partial charge in [0.05, 0.1) is 24.1 Å². The summed E-state index contributed by atoms with van der Waals surface area (Å²) in [6.45, 7) is 1.63. The second kappa shape index (κ2) is 10.9. The number of carbonyl (C=O) groups excluding carboxylic acids is 4. The Labute approximate surface area is 171 Å². The number of nitrogens with one attached hydrogen (secondary N) is 3. The average molecular weight is 419 g/mol. The molecule has 29 heavy (non-hydrogen) atoms. The Morgan fingerprint density at radius 3 is 2.59 bits per heavy atom. The van der Waals surface area contributed by atoms with Crippen molar-refractivity contribution in [2.75, 3.05) is 12.8 Å². The molecule has 1 heterocycles. The molecule has 9 nitrogen and oxygen atoms in total. The van der Waals surface area contributed by atoms with Crippen molar-refractivity contribution in [3.05, 3.63) is 54.0 Å². The second-order valence-corrected chi connectivity index (χ2v) is 6.77. The minimum atomic E-state index is -1.17. The van der Waals surface area contributed by atoms with Gasteiger partial charge in [0.15, 0.2) is 6.10 Å². The van der Waals surface area contributed by atoms with Gasteiger partial charge in [-0.15, -0.1) is 11.8 Å². The third-order valence-electron chi connectivity index (χ3n) is 3.62. The monoisotopic (exact) mass is 419 g/mol. The molecule has 0 spiro atoms. The van der Waals surface area contributed by atoms with Gasteiger partial charge in [-0.25, -0.2) is 9.59 Å². The standard InChI is InChI=1S/C19H21N3O6S/c1-12(17(24)22-19(26)20-2)28-18(25)14-7-3-4-8-15(14)29-11-16(23)21-10-13-6-5-9-27-13/h3-9,12H,10-11H2,1-2H3,(H,21,23)(H2,20,22,24,26)/t12-/m0/s1. The topological polar surface area (TPSA) is 127 Å². The maximum atomic E-state index is 12.4. The van der Waals surface area contributed by atoms with Gasteiger partial charge in [-0.1, -0.05) is 12.1 Å². The molecule has 0 fully saturated rings. The molecule has 0 unspecified atom stereocenters. The lowest BCUT2D eigenvalue weighted by molar-refractivity contribution is -0.128. The largest absolute Gasteiger partial charge is 0.467 e. The molecule has 1 atom stereocenters. The summed E-state index contributed by atoms with van der Waals surface area (Å²) >= 11 is 1.16. The lowest BCUT2D eigenvalue weighted by Gasteiger charge is -2.14. The molecule has 0 aliphatic rings. The van der Waals surface area contributed by atoms with Crippen LogP contribution in [0.15, 0.2) is 52.0 Å². The van der Waals surface area contributed by atoms with Gasteiger partial charge in [0.2, 0.25) is 5.91 Å². The number of furan rings is 1. The molecule has 0 aliphatic carbocycles. The highest BCUT2D eigenvalue weighted by Gasteiger charge is 2.22. The quantitative estimate of drug-likeness (QED) is 0.439. The third-order valence-corrected chi connectivity index (χ3v) is 4.70. The molecule has 0 bridgehead atoms. The number of esters is 1. The Bertz CT molecular complexity index is 869. The number of carbonyl (C=O) groups is 4. The van der Waals surface area contributed by atoms with Crippen molar-refractivity contribution < 1.29 is 28.3 Å². The molecule has 2 rings (SSSR count). The van der Waals surface area contributed by atoms with Crippen molar-refractivity contribution >= 4 is 35.6 Å². The van der Waals surface area contributed by atoms with Crippen molar-refractivity contribution in [3.8, 4) is 0 Å². The first-order valence-corrected chi connectivity index (χ1v) is 9.63. The summed E-state index contributed by atoms with van der Waals surface area (Å²) in [7, 11) is 1.36. The van der Waals surface area contributed by atoms with Crippen LogP contribution in [0.3, 0.4) is 0 Å². The summed E-state index contributed by atoms with van der Waals surface area (Å²) in [5.41, 5.74) is 0.218. The van der Waals surface area contributed by atoms with Crippen LogP contribution in [0, 0.1) is 0 Å². The van der Waals surface area contributed by atoms with Crippen LogP contribution in [0.4, 0.5) is 4.79 Å². The lowest BCUT2D eigenvalue weighted by Crippen LogP contribution is -2.43. The van der Waals surface area contributed by atoms with Gasteiger partial charge in [-0.3, -0.25) is 14.9 Å². The number of urea groups is 1. The van der Waals surface area contributed by atoms with E-state index >= 15 is 0 Å². The van der Waals surface area contributed by atoms with Crippen LogP contribution in [0.25, 0.3) is 0 Å². The Hall–Kier alpha value is -3.27. The molecule has 0 aliphatic heterocycles. The zero-order valence-corrected chi connectivity index (χ0v) is 16.7. The molecule has 1 aromatic heterocycles. The minimum absolute atomic E-state index is 0.0811. The van der Waals surface area contributed by atoms with Gasteiger partial charge in [-0.05, 0) is 31.2 Å². The van der Waals surface area contributed by atoms with Gasteiger partial charge in [0, 0.05) is 11.9 Å². The molecule has 4 amide bonds. The fourth-order valence-corrected chi connectivity index (χ4v) is 2.98. The zero-order valence-electron chi connectivity index (χ0n) is 15.9. The zero-order chi connectivity index (χ0) is 21.2. The first-order valence-electron chi connectivity index (χ1n) is 8.65. The van der Waals surface area contributed by atoms with Crippen molar-refractivity contribution in [3.63, 3.8) is 0 Å². The lowest BCUT2D eigenvalue weighted by atomic mass is 10.2. The molecule has 1 aromatic carbocycles.